The van der Waals surface area contributed by atoms with Gasteiger partial charge in [-0.1, -0.05) is 19.1 Å². The summed E-state index contributed by atoms with van der Waals surface area (Å²) in [4.78, 5) is 14.2. The molecular formula is C16H18FN3O2. The number of hydrogen-bond donors (Lipinski definition) is 0. The van der Waals surface area contributed by atoms with Gasteiger partial charge in [0, 0.05) is 12.4 Å². The summed E-state index contributed by atoms with van der Waals surface area (Å²) >= 11 is 0. The van der Waals surface area contributed by atoms with E-state index in [0.717, 1.165) is 0 Å². The van der Waals surface area contributed by atoms with Crippen LogP contribution in [-0.2, 0) is 4.79 Å². The monoisotopic (exact) mass is 303 g/mol. The summed E-state index contributed by atoms with van der Waals surface area (Å²) in [6.07, 6.45) is 3.97. The van der Waals surface area contributed by atoms with Gasteiger partial charge in [-0.05, 0) is 24.6 Å². The minimum Gasteiger partial charge on any atom is -0.484 e. The van der Waals surface area contributed by atoms with E-state index in [2.05, 4.69) is 5.10 Å². The molecule has 0 spiro atoms. The Morgan fingerprint density at radius 1 is 1.41 bits per heavy atom. The van der Waals surface area contributed by atoms with Crippen LogP contribution in [0.1, 0.15) is 19.4 Å². The van der Waals surface area contributed by atoms with E-state index in [1.54, 1.807) is 46.2 Å². The van der Waals surface area contributed by atoms with Crippen LogP contribution in [-0.4, -0.2) is 39.8 Å². The molecule has 0 radical (unpaired) electrons. The van der Waals surface area contributed by atoms with E-state index >= 15 is 0 Å². The number of aromatic nitrogens is 2. The summed E-state index contributed by atoms with van der Waals surface area (Å²) in [5.41, 5.74) is 0. The first-order valence-electron chi connectivity index (χ1n) is 7.38. The van der Waals surface area contributed by atoms with Crippen LogP contribution in [0.25, 0.3) is 0 Å². The number of likely N-dealkylation sites (tertiary alicyclic amines) is 1. The fraction of sp³-hybridized carbons (Fsp3) is 0.375. The van der Waals surface area contributed by atoms with Crippen LogP contribution >= 0.6 is 0 Å². The smallest absolute Gasteiger partial charge is 0.247 e. The molecule has 0 aliphatic carbocycles. The maximum absolute atomic E-state index is 13.5. The van der Waals surface area contributed by atoms with Gasteiger partial charge in [-0.2, -0.15) is 5.10 Å². The molecule has 0 saturated carbocycles. The standard InChI is InChI=1S/C16H18FN3O2/c1-2-14(20-9-5-8-18-20)16(21)19-10-12(11-19)22-15-7-4-3-6-13(15)17/h3-9,12,14H,2,10-11H2,1H3/t14-/m0/s1. The average Bonchev–Trinajstić information content (AvgIpc) is 2.99. The summed E-state index contributed by atoms with van der Waals surface area (Å²) in [5.74, 6) is -0.117. The minimum absolute atomic E-state index is 0.0274. The number of para-hydroxylation sites is 1. The zero-order valence-electron chi connectivity index (χ0n) is 12.4. The Bertz CT molecular complexity index is 639. The lowest BCUT2D eigenvalue weighted by Gasteiger charge is -2.40. The van der Waals surface area contributed by atoms with Gasteiger partial charge in [-0.3, -0.25) is 9.48 Å². The summed E-state index contributed by atoms with van der Waals surface area (Å²) in [5, 5.41) is 4.14. The number of nitrogens with zero attached hydrogens (tertiary/aromatic N) is 3. The number of halogens is 1. The SMILES string of the molecule is CC[C@@H](C(=O)N1CC(Oc2ccccc2F)C1)n1cccn1. The highest BCUT2D eigenvalue weighted by Crippen LogP contribution is 2.23. The number of rotatable bonds is 5. The van der Waals surface area contributed by atoms with Crippen molar-refractivity contribution < 1.29 is 13.9 Å². The number of ether oxygens (including phenoxy) is 1. The lowest BCUT2D eigenvalue weighted by Crippen LogP contribution is -2.57. The highest BCUT2D eigenvalue weighted by atomic mass is 19.1. The van der Waals surface area contributed by atoms with Crippen molar-refractivity contribution >= 4 is 5.91 Å². The summed E-state index contributed by atoms with van der Waals surface area (Å²) in [6, 6.07) is 7.82. The van der Waals surface area contributed by atoms with Gasteiger partial charge < -0.3 is 9.64 Å². The molecule has 1 saturated heterocycles. The average molecular weight is 303 g/mol. The summed E-state index contributed by atoms with van der Waals surface area (Å²) < 4.78 is 20.8. The van der Waals surface area contributed by atoms with Crippen LogP contribution in [0.2, 0.25) is 0 Å². The van der Waals surface area contributed by atoms with Crippen LogP contribution in [0.15, 0.2) is 42.7 Å². The van der Waals surface area contributed by atoms with E-state index in [1.165, 1.54) is 6.07 Å². The highest BCUT2D eigenvalue weighted by Gasteiger charge is 2.36. The van der Waals surface area contributed by atoms with Crippen molar-refractivity contribution in [2.75, 3.05) is 13.1 Å². The van der Waals surface area contributed by atoms with E-state index < -0.39 is 0 Å². The first-order valence-corrected chi connectivity index (χ1v) is 7.38. The van der Waals surface area contributed by atoms with Gasteiger partial charge in [0.2, 0.25) is 5.91 Å². The zero-order chi connectivity index (χ0) is 15.5. The maximum Gasteiger partial charge on any atom is 0.247 e. The lowest BCUT2D eigenvalue weighted by atomic mass is 10.1. The van der Waals surface area contributed by atoms with Crippen LogP contribution in [0.3, 0.4) is 0 Å². The van der Waals surface area contributed by atoms with E-state index in [1.807, 2.05) is 6.92 Å². The predicted octanol–water partition coefficient (Wildman–Crippen LogP) is 2.26. The van der Waals surface area contributed by atoms with Crippen molar-refractivity contribution in [2.45, 2.75) is 25.5 Å². The Kier molecular flexibility index (Phi) is 4.09. The normalized spacial score (nSPS) is 16.2. The molecule has 1 aliphatic heterocycles. The van der Waals surface area contributed by atoms with Crippen molar-refractivity contribution in [3.8, 4) is 5.75 Å². The molecular weight excluding hydrogens is 285 g/mol. The lowest BCUT2D eigenvalue weighted by molar-refractivity contribution is -0.144. The molecule has 2 aromatic rings. The molecule has 0 unspecified atom stereocenters. The molecule has 0 bridgehead atoms. The number of carbonyl (C=O) groups is 1. The van der Waals surface area contributed by atoms with Crippen molar-refractivity contribution in [3.63, 3.8) is 0 Å². The van der Waals surface area contributed by atoms with Gasteiger partial charge >= 0.3 is 0 Å². The third-order valence-electron chi connectivity index (χ3n) is 3.81. The molecule has 1 atom stereocenters. The molecule has 1 aromatic carbocycles. The third kappa shape index (κ3) is 2.81. The third-order valence-corrected chi connectivity index (χ3v) is 3.81. The topological polar surface area (TPSA) is 47.4 Å². The van der Waals surface area contributed by atoms with Crippen molar-refractivity contribution in [3.05, 3.63) is 48.5 Å². The second-order valence-corrected chi connectivity index (χ2v) is 5.32. The fourth-order valence-corrected chi connectivity index (χ4v) is 2.56. The molecule has 1 aliphatic rings. The Hall–Kier alpha value is -2.37. The Morgan fingerprint density at radius 3 is 2.82 bits per heavy atom. The minimum atomic E-state index is -0.379. The van der Waals surface area contributed by atoms with Crippen LogP contribution in [0, 0.1) is 5.82 Å². The fourth-order valence-electron chi connectivity index (χ4n) is 2.56. The van der Waals surface area contributed by atoms with Gasteiger partial charge in [-0.25, -0.2) is 4.39 Å². The van der Waals surface area contributed by atoms with E-state index in [0.29, 0.717) is 19.5 Å². The molecule has 1 fully saturated rings. The number of carbonyl (C=O) groups excluding carboxylic acids is 1. The molecule has 116 valence electrons. The highest BCUT2D eigenvalue weighted by molar-refractivity contribution is 5.81. The molecule has 5 nitrogen and oxygen atoms in total. The second kappa shape index (κ2) is 6.17. The predicted molar refractivity (Wildman–Crippen MR) is 79.0 cm³/mol. The summed E-state index contributed by atoms with van der Waals surface area (Å²) in [7, 11) is 0. The number of hydrogen-bond acceptors (Lipinski definition) is 3. The molecule has 6 heteroatoms. The van der Waals surface area contributed by atoms with Gasteiger partial charge in [-0.15, -0.1) is 0 Å². The Labute approximate surface area is 128 Å². The van der Waals surface area contributed by atoms with Gasteiger partial charge in [0.1, 0.15) is 12.1 Å². The van der Waals surface area contributed by atoms with Gasteiger partial charge in [0.25, 0.3) is 0 Å². The molecule has 0 N–H and O–H groups in total. The van der Waals surface area contributed by atoms with Crippen LogP contribution in [0.5, 0.6) is 5.75 Å². The molecule has 1 amide bonds. The summed E-state index contributed by atoms with van der Waals surface area (Å²) in [6.45, 7) is 2.91. The van der Waals surface area contributed by atoms with E-state index in [-0.39, 0.29) is 29.6 Å². The first-order chi connectivity index (χ1) is 10.7. The van der Waals surface area contributed by atoms with Crippen molar-refractivity contribution in [2.24, 2.45) is 0 Å². The zero-order valence-corrected chi connectivity index (χ0v) is 12.4. The van der Waals surface area contributed by atoms with Crippen LogP contribution in [0.4, 0.5) is 4.39 Å². The molecule has 1 aromatic heterocycles. The van der Waals surface area contributed by atoms with Gasteiger partial charge in [0.05, 0.1) is 13.1 Å². The van der Waals surface area contributed by atoms with Gasteiger partial charge in [0.15, 0.2) is 11.6 Å². The quantitative estimate of drug-likeness (QED) is 0.851. The number of benzene rings is 1. The van der Waals surface area contributed by atoms with Crippen molar-refractivity contribution in [1.29, 1.82) is 0 Å². The Morgan fingerprint density at radius 2 is 2.18 bits per heavy atom. The van der Waals surface area contributed by atoms with Crippen LogP contribution < -0.4 is 4.74 Å². The molecule has 3 rings (SSSR count). The maximum atomic E-state index is 13.5. The number of amides is 1. The largest absolute Gasteiger partial charge is 0.484 e. The van der Waals surface area contributed by atoms with Crippen molar-refractivity contribution in [1.82, 2.24) is 14.7 Å². The first kappa shape index (κ1) is 14.6. The molecule has 22 heavy (non-hydrogen) atoms. The van der Waals surface area contributed by atoms with E-state index in [4.69, 9.17) is 4.74 Å². The Balaban J connectivity index is 1.56. The second-order valence-electron chi connectivity index (χ2n) is 5.32. The van der Waals surface area contributed by atoms with E-state index in [9.17, 15) is 9.18 Å². The molecule has 2 heterocycles.